The summed E-state index contributed by atoms with van der Waals surface area (Å²) in [5.74, 6) is -4.37. The maximum atomic E-state index is 12.9. The summed E-state index contributed by atoms with van der Waals surface area (Å²) in [7, 11) is 3.83. The molecule has 0 aromatic heterocycles. The smallest absolute Gasteiger partial charge is 0.323 e. The Balaban J connectivity index is 1.81. The molecule has 4 aliphatic rings. The zero-order valence-electron chi connectivity index (χ0n) is 20.2. The Morgan fingerprint density at radius 1 is 0.909 bits per heavy atom. The van der Waals surface area contributed by atoms with Gasteiger partial charge >= 0.3 is 17.9 Å². The van der Waals surface area contributed by atoms with E-state index >= 15 is 0 Å². The fourth-order valence-corrected chi connectivity index (χ4v) is 7.40. The highest BCUT2D eigenvalue weighted by molar-refractivity contribution is 6.01. The highest BCUT2D eigenvalue weighted by atomic mass is 16.8. The van der Waals surface area contributed by atoms with Gasteiger partial charge in [0.1, 0.15) is 11.7 Å². The van der Waals surface area contributed by atoms with Crippen molar-refractivity contribution in [3.8, 4) is 0 Å². The molecule has 4 rings (SSSR count). The Kier molecular flexibility index (Phi) is 5.88. The van der Waals surface area contributed by atoms with Crippen LogP contribution >= 0.6 is 0 Å². The van der Waals surface area contributed by atoms with Crippen molar-refractivity contribution in [1.29, 1.82) is 0 Å². The summed E-state index contributed by atoms with van der Waals surface area (Å²) < 4.78 is 27.8. The summed E-state index contributed by atoms with van der Waals surface area (Å²) in [6.45, 7) is 5.70. The highest BCUT2D eigenvalue weighted by Crippen LogP contribution is 2.65. The Labute approximate surface area is 193 Å². The van der Waals surface area contributed by atoms with Gasteiger partial charge in [-0.2, -0.15) is 0 Å². The van der Waals surface area contributed by atoms with Gasteiger partial charge in [-0.05, 0) is 56.8 Å². The van der Waals surface area contributed by atoms with Crippen molar-refractivity contribution in [3.05, 3.63) is 0 Å². The first-order valence-electron chi connectivity index (χ1n) is 11.6. The molecular weight excluding hydrogens is 432 g/mol. The van der Waals surface area contributed by atoms with Crippen molar-refractivity contribution in [3.63, 3.8) is 0 Å². The number of Topliss-reactive ketones (excluding diaryl/α,β-unsaturated/α-hetero) is 1. The molecule has 1 saturated heterocycles. The molecule has 9 nitrogen and oxygen atoms in total. The Bertz CT molecular complexity index is 840. The lowest BCUT2D eigenvalue weighted by atomic mass is 9.44. The van der Waals surface area contributed by atoms with Gasteiger partial charge in [0.15, 0.2) is 11.2 Å². The number of carbonyl (C=O) groups is 4. The Morgan fingerprint density at radius 2 is 1.52 bits per heavy atom. The van der Waals surface area contributed by atoms with Crippen LogP contribution in [0.5, 0.6) is 0 Å². The van der Waals surface area contributed by atoms with Gasteiger partial charge in [0, 0.05) is 12.3 Å². The molecule has 1 heterocycles. The van der Waals surface area contributed by atoms with Crippen molar-refractivity contribution >= 4 is 23.7 Å². The van der Waals surface area contributed by atoms with E-state index in [2.05, 4.69) is 6.92 Å². The molecule has 4 fully saturated rings. The lowest BCUT2D eigenvalue weighted by molar-refractivity contribution is -0.199. The highest BCUT2D eigenvalue weighted by Gasteiger charge is 2.70. The molecule has 0 aromatic carbocycles. The van der Waals surface area contributed by atoms with E-state index in [1.807, 2.05) is 0 Å². The fourth-order valence-electron chi connectivity index (χ4n) is 7.40. The minimum atomic E-state index is -1.42. The number of esters is 3. The van der Waals surface area contributed by atoms with Crippen LogP contribution < -0.4 is 0 Å². The SMILES string of the molecule is COC(=O)[C@@H]1C(=O)CC[C@@]2(C)[C@H]1[C@@H]1OC(C)(C)O[C@@H]1[C@@H]1CC(C(=O)OC)(C(=O)OC)CC[C@H]12. The van der Waals surface area contributed by atoms with Gasteiger partial charge in [0.05, 0.1) is 33.5 Å². The van der Waals surface area contributed by atoms with E-state index in [0.717, 1.165) is 0 Å². The van der Waals surface area contributed by atoms with Gasteiger partial charge in [-0.25, -0.2) is 0 Å². The van der Waals surface area contributed by atoms with E-state index in [4.69, 9.17) is 23.7 Å². The predicted octanol–water partition coefficient (Wildman–Crippen LogP) is 2.04. The van der Waals surface area contributed by atoms with Gasteiger partial charge in [0.25, 0.3) is 0 Å². The summed E-state index contributed by atoms with van der Waals surface area (Å²) in [5, 5.41) is 0. The van der Waals surface area contributed by atoms with Gasteiger partial charge in [-0.1, -0.05) is 6.92 Å². The molecule has 184 valence electrons. The van der Waals surface area contributed by atoms with E-state index in [0.29, 0.717) is 12.8 Å². The van der Waals surface area contributed by atoms with Gasteiger partial charge in [-0.15, -0.1) is 0 Å². The zero-order chi connectivity index (χ0) is 24.3. The second-order valence-electron chi connectivity index (χ2n) is 10.6. The number of methoxy groups -OCH3 is 3. The van der Waals surface area contributed by atoms with Crippen molar-refractivity contribution in [2.45, 2.75) is 70.9 Å². The van der Waals surface area contributed by atoms with E-state index in [9.17, 15) is 19.2 Å². The molecule has 3 aliphatic carbocycles. The summed E-state index contributed by atoms with van der Waals surface area (Å²) in [5.41, 5.74) is -1.85. The summed E-state index contributed by atoms with van der Waals surface area (Å²) in [6.07, 6.45) is 0.848. The molecule has 0 aromatic rings. The topological polar surface area (TPSA) is 114 Å². The molecule has 0 amide bonds. The molecular formula is C24H34O9. The van der Waals surface area contributed by atoms with E-state index < -0.39 is 58.6 Å². The first-order chi connectivity index (χ1) is 15.5. The van der Waals surface area contributed by atoms with Crippen LogP contribution in [0.25, 0.3) is 0 Å². The second kappa shape index (κ2) is 8.05. The predicted molar refractivity (Wildman–Crippen MR) is 112 cm³/mol. The van der Waals surface area contributed by atoms with Gasteiger partial charge < -0.3 is 23.7 Å². The second-order valence-corrected chi connectivity index (χ2v) is 10.6. The monoisotopic (exact) mass is 466 g/mol. The standard InChI is InChI=1S/C24H34O9/c1-22(2)32-17-12-11-24(20(27)30-5,21(28)31-6)10-7-13(12)23(3)9-8-14(25)15(19(26)29-4)16(23)18(17)33-22/h12-13,15-18H,7-11H2,1-6H3/t12-,13-,15-,16-,17-,18+,23-/m1/s1. The molecule has 3 saturated carbocycles. The Morgan fingerprint density at radius 3 is 2.09 bits per heavy atom. The first-order valence-corrected chi connectivity index (χ1v) is 11.6. The van der Waals surface area contributed by atoms with E-state index in [1.165, 1.54) is 21.3 Å². The number of hydrogen-bond donors (Lipinski definition) is 0. The lowest BCUT2D eigenvalue weighted by Crippen LogP contribution is -2.65. The van der Waals surface area contributed by atoms with Gasteiger partial charge in [0.2, 0.25) is 0 Å². The third-order valence-electron chi connectivity index (χ3n) is 8.75. The summed E-state index contributed by atoms with van der Waals surface area (Å²) in [6, 6.07) is 0. The molecule has 0 radical (unpaired) electrons. The van der Waals surface area contributed by atoms with Gasteiger partial charge in [-0.3, -0.25) is 19.2 Å². The van der Waals surface area contributed by atoms with E-state index in [1.54, 1.807) is 13.8 Å². The van der Waals surface area contributed by atoms with Crippen LogP contribution in [0.2, 0.25) is 0 Å². The number of ether oxygens (including phenoxy) is 5. The molecule has 0 spiro atoms. The largest absolute Gasteiger partial charge is 0.468 e. The van der Waals surface area contributed by atoms with Crippen LogP contribution in [-0.4, -0.2) is 63.0 Å². The molecule has 9 heteroatoms. The number of fused-ring (bicyclic) bond motifs is 6. The molecule has 33 heavy (non-hydrogen) atoms. The third kappa shape index (κ3) is 3.41. The maximum absolute atomic E-state index is 12.9. The van der Waals surface area contributed by atoms with Crippen LogP contribution in [-0.2, 0) is 42.9 Å². The average Bonchev–Trinajstić information content (AvgIpc) is 3.12. The van der Waals surface area contributed by atoms with Crippen LogP contribution in [0.1, 0.15) is 52.9 Å². The summed E-state index contributed by atoms with van der Waals surface area (Å²) in [4.78, 5) is 51.5. The van der Waals surface area contributed by atoms with Crippen LogP contribution in [0.15, 0.2) is 0 Å². The van der Waals surface area contributed by atoms with Crippen LogP contribution in [0.3, 0.4) is 0 Å². The average molecular weight is 467 g/mol. The quantitative estimate of drug-likeness (QED) is 0.350. The Hall–Kier alpha value is -2.00. The zero-order valence-corrected chi connectivity index (χ0v) is 20.2. The fraction of sp³-hybridized carbons (Fsp3) is 0.833. The number of hydrogen-bond acceptors (Lipinski definition) is 9. The number of carbonyl (C=O) groups excluding carboxylic acids is 4. The van der Waals surface area contributed by atoms with Crippen molar-refractivity contribution in [2.24, 2.45) is 34.5 Å². The minimum Gasteiger partial charge on any atom is -0.468 e. The maximum Gasteiger partial charge on any atom is 0.323 e. The van der Waals surface area contributed by atoms with Crippen molar-refractivity contribution in [2.75, 3.05) is 21.3 Å². The molecule has 1 aliphatic heterocycles. The minimum absolute atomic E-state index is 0.0175. The normalized spacial score (nSPS) is 40.6. The molecule has 0 unspecified atom stereocenters. The lowest BCUT2D eigenvalue weighted by Gasteiger charge is -2.60. The summed E-state index contributed by atoms with van der Waals surface area (Å²) >= 11 is 0. The third-order valence-corrected chi connectivity index (χ3v) is 8.75. The molecule has 0 N–H and O–H groups in total. The van der Waals surface area contributed by atoms with Crippen LogP contribution in [0.4, 0.5) is 0 Å². The number of rotatable bonds is 3. The molecule has 7 atom stereocenters. The number of ketones is 1. The molecule has 0 bridgehead atoms. The van der Waals surface area contributed by atoms with Crippen molar-refractivity contribution in [1.82, 2.24) is 0 Å². The van der Waals surface area contributed by atoms with Crippen molar-refractivity contribution < 1.29 is 42.9 Å². The van der Waals surface area contributed by atoms with E-state index in [-0.39, 0.29) is 36.9 Å². The van der Waals surface area contributed by atoms with Crippen LogP contribution in [0, 0.1) is 34.5 Å². The first kappa shape index (κ1) is 24.1.